The zero-order chi connectivity index (χ0) is 14.1. The lowest BCUT2D eigenvalue weighted by Crippen LogP contribution is -2.06. The molecular weight excluding hydrogens is 251 g/mol. The number of nitrogens with two attached hydrogens (primary N) is 1. The van der Waals surface area contributed by atoms with Crippen LogP contribution >= 0.6 is 0 Å². The fourth-order valence-corrected chi connectivity index (χ4v) is 2.56. The monoisotopic (exact) mass is 268 g/mol. The van der Waals surface area contributed by atoms with Gasteiger partial charge in [-0.1, -0.05) is 18.2 Å². The second-order valence-electron chi connectivity index (χ2n) is 5.12. The maximum atomic E-state index is 13.4. The fourth-order valence-electron chi connectivity index (χ4n) is 2.56. The summed E-state index contributed by atoms with van der Waals surface area (Å²) in [5.74, 6) is -0.218. The Morgan fingerprint density at radius 3 is 2.70 bits per heavy atom. The third-order valence-electron chi connectivity index (χ3n) is 3.66. The van der Waals surface area contributed by atoms with Crippen LogP contribution in [0.3, 0.4) is 0 Å². The molecule has 0 bridgehead atoms. The van der Waals surface area contributed by atoms with Crippen LogP contribution in [0.25, 0.3) is 10.9 Å². The lowest BCUT2D eigenvalue weighted by atomic mass is 10.1. The first-order chi connectivity index (χ1) is 9.67. The molecule has 0 aliphatic carbocycles. The van der Waals surface area contributed by atoms with Crippen molar-refractivity contribution in [2.75, 3.05) is 0 Å². The van der Waals surface area contributed by atoms with Gasteiger partial charge in [0.2, 0.25) is 0 Å². The van der Waals surface area contributed by atoms with E-state index >= 15 is 0 Å². The van der Waals surface area contributed by atoms with Gasteiger partial charge in [-0.05, 0) is 53.3 Å². The maximum Gasteiger partial charge on any atom is 0.123 e. The summed E-state index contributed by atoms with van der Waals surface area (Å²) in [6.45, 7) is 3.13. The molecule has 1 heterocycles. The van der Waals surface area contributed by atoms with Crippen molar-refractivity contribution in [3.05, 3.63) is 71.2 Å². The first kappa shape index (κ1) is 12.9. The summed E-state index contributed by atoms with van der Waals surface area (Å²) in [6, 6.07) is 13.2. The van der Waals surface area contributed by atoms with Gasteiger partial charge in [-0.15, -0.1) is 0 Å². The number of hydrogen-bond acceptors (Lipinski definition) is 1. The van der Waals surface area contributed by atoms with Gasteiger partial charge in [-0.25, -0.2) is 4.39 Å². The van der Waals surface area contributed by atoms with Gasteiger partial charge in [-0.3, -0.25) is 0 Å². The van der Waals surface area contributed by atoms with Gasteiger partial charge in [0.25, 0.3) is 0 Å². The minimum Gasteiger partial charge on any atom is -0.343 e. The molecule has 0 atom stereocenters. The molecule has 3 heteroatoms. The first-order valence-corrected chi connectivity index (χ1v) is 6.70. The van der Waals surface area contributed by atoms with Crippen LogP contribution in [0.4, 0.5) is 4.39 Å². The predicted molar refractivity (Wildman–Crippen MR) is 80.1 cm³/mol. The minimum atomic E-state index is -0.218. The molecule has 0 saturated heterocycles. The van der Waals surface area contributed by atoms with E-state index in [-0.39, 0.29) is 5.82 Å². The highest BCUT2D eigenvalue weighted by Gasteiger charge is 2.06. The van der Waals surface area contributed by atoms with Crippen LogP contribution in [0.15, 0.2) is 48.7 Å². The summed E-state index contributed by atoms with van der Waals surface area (Å²) < 4.78 is 15.6. The Morgan fingerprint density at radius 1 is 1.05 bits per heavy atom. The third kappa shape index (κ3) is 2.32. The normalized spacial score (nSPS) is 11.2. The summed E-state index contributed by atoms with van der Waals surface area (Å²) in [6.07, 6.45) is 2.04. The molecule has 20 heavy (non-hydrogen) atoms. The van der Waals surface area contributed by atoms with Crippen LogP contribution in [0.1, 0.15) is 16.7 Å². The molecule has 102 valence electrons. The number of hydrogen-bond donors (Lipinski definition) is 1. The van der Waals surface area contributed by atoms with E-state index in [4.69, 9.17) is 5.73 Å². The average Bonchev–Trinajstić information content (AvgIpc) is 2.82. The first-order valence-electron chi connectivity index (χ1n) is 6.70. The van der Waals surface area contributed by atoms with Crippen LogP contribution in [0.2, 0.25) is 0 Å². The molecule has 2 N–H and O–H groups in total. The standard InChI is InChI=1S/C17H17FN2/c1-12-2-3-13-6-7-20(17(13)8-12)11-15-9-16(18)5-4-14(15)10-19/h2-9H,10-11,19H2,1H3. The zero-order valence-corrected chi connectivity index (χ0v) is 11.4. The van der Waals surface area contributed by atoms with Crippen LogP contribution in [-0.2, 0) is 13.1 Å². The largest absolute Gasteiger partial charge is 0.343 e. The molecule has 0 fully saturated rings. The lowest BCUT2D eigenvalue weighted by molar-refractivity contribution is 0.622. The molecule has 0 saturated carbocycles. The summed E-state index contributed by atoms with van der Waals surface area (Å²) in [4.78, 5) is 0. The topological polar surface area (TPSA) is 30.9 Å². The quantitative estimate of drug-likeness (QED) is 0.773. The van der Waals surface area contributed by atoms with Crippen molar-refractivity contribution >= 4 is 10.9 Å². The van der Waals surface area contributed by atoms with Crippen LogP contribution in [0, 0.1) is 12.7 Å². The van der Waals surface area contributed by atoms with Crippen molar-refractivity contribution in [2.45, 2.75) is 20.0 Å². The summed E-state index contributed by atoms with van der Waals surface area (Å²) in [7, 11) is 0. The predicted octanol–water partition coefficient (Wildman–Crippen LogP) is 3.60. The Hall–Kier alpha value is -2.13. The van der Waals surface area contributed by atoms with E-state index in [1.54, 1.807) is 12.1 Å². The van der Waals surface area contributed by atoms with Crippen LogP contribution in [0.5, 0.6) is 0 Å². The van der Waals surface area contributed by atoms with Gasteiger partial charge in [0.15, 0.2) is 0 Å². The van der Waals surface area contributed by atoms with E-state index in [0.717, 1.165) is 16.6 Å². The molecule has 2 nitrogen and oxygen atoms in total. The van der Waals surface area contributed by atoms with Gasteiger partial charge in [0.05, 0.1) is 0 Å². The molecule has 0 radical (unpaired) electrons. The molecule has 3 rings (SSSR count). The van der Waals surface area contributed by atoms with Crippen molar-refractivity contribution in [2.24, 2.45) is 5.73 Å². The molecule has 0 amide bonds. The summed E-state index contributed by atoms with van der Waals surface area (Å²) >= 11 is 0. The Balaban J connectivity index is 2.05. The summed E-state index contributed by atoms with van der Waals surface area (Å²) in [5, 5.41) is 1.20. The number of fused-ring (bicyclic) bond motifs is 1. The van der Waals surface area contributed by atoms with Gasteiger partial charge in [-0.2, -0.15) is 0 Å². The van der Waals surface area contributed by atoms with Crippen molar-refractivity contribution in [1.82, 2.24) is 4.57 Å². The van der Waals surface area contributed by atoms with E-state index < -0.39 is 0 Å². The maximum absolute atomic E-state index is 13.4. The van der Waals surface area contributed by atoms with Crippen molar-refractivity contribution < 1.29 is 4.39 Å². The molecule has 3 aromatic rings. The highest BCUT2D eigenvalue weighted by Crippen LogP contribution is 2.20. The third-order valence-corrected chi connectivity index (χ3v) is 3.66. The molecule has 1 aromatic heterocycles. The Labute approximate surface area is 117 Å². The van der Waals surface area contributed by atoms with Crippen LogP contribution in [-0.4, -0.2) is 4.57 Å². The zero-order valence-electron chi connectivity index (χ0n) is 11.4. The molecule has 0 spiro atoms. The number of rotatable bonds is 3. The highest BCUT2D eigenvalue weighted by atomic mass is 19.1. The Bertz CT molecular complexity index is 759. The van der Waals surface area contributed by atoms with Gasteiger partial charge >= 0.3 is 0 Å². The van der Waals surface area contributed by atoms with Crippen molar-refractivity contribution in [3.63, 3.8) is 0 Å². The number of aromatic nitrogens is 1. The van der Waals surface area contributed by atoms with Gasteiger partial charge < -0.3 is 10.3 Å². The van der Waals surface area contributed by atoms with Crippen LogP contribution < -0.4 is 5.73 Å². The highest BCUT2D eigenvalue weighted by molar-refractivity contribution is 5.80. The number of aryl methyl sites for hydroxylation is 1. The lowest BCUT2D eigenvalue weighted by Gasteiger charge is -2.11. The Morgan fingerprint density at radius 2 is 1.90 bits per heavy atom. The molecular formula is C17H17FN2. The smallest absolute Gasteiger partial charge is 0.123 e. The molecule has 2 aromatic carbocycles. The summed E-state index contributed by atoms with van der Waals surface area (Å²) in [5.41, 5.74) is 10.0. The molecule has 0 aliphatic rings. The van der Waals surface area contributed by atoms with E-state index in [1.807, 2.05) is 6.20 Å². The van der Waals surface area contributed by atoms with Gasteiger partial charge in [0, 0.05) is 24.8 Å². The van der Waals surface area contributed by atoms with E-state index in [9.17, 15) is 4.39 Å². The number of nitrogens with zero attached hydrogens (tertiary/aromatic N) is 1. The minimum absolute atomic E-state index is 0.218. The number of halogens is 1. The average molecular weight is 268 g/mol. The second-order valence-corrected chi connectivity index (χ2v) is 5.12. The van der Waals surface area contributed by atoms with E-state index in [1.165, 1.54) is 17.0 Å². The second kappa shape index (κ2) is 5.10. The fraction of sp³-hybridized carbons (Fsp3) is 0.176. The Kier molecular flexibility index (Phi) is 3.28. The number of benzene rings is 2. The van der Waals surface area contributed by atoms with Gasteiger partial charge in [0.1, 0.15) is 5.82 Å². The van der Waals surface area contributed by atoms with E-state index in [2.05, 4.69) is 35.8 Å². The molecule has 0 aliphatic heterocycles. The van der Waals surface area contributed by atoms with E-state index in [0.29, 0.717) is 13.1 Å². The SMILES string of the molecule is Cc1ccc2ccn(Cc3cc(F)ccc3CN)c2c1. The van der Waals surface area contributed by atoms with Crippen molar-refractivity contribution in [1.29, 1.82) is 0 Å². The van der Waals surface area contributed by atoms with Crippen molar-refractivity contribution in [3.8, 4) is 0 Å². The molecule has 0 unspecified atom stereocenters.